The van der Waals surface area contributed by atoms with Crippen molar-refractivity contribution >= 4 is 34.0 Å². The van der Waals surface area contributed by atoms with Gasteiger partial charge < -0.3 is 18.8 Å². The summed E-state index contributed by atoms with van der Waals surface area (Å²) in [4.78, 5) is 27.6. The number of hydrogen-bond acceptors (Lipinski definition) is 9. The van der Waals surface area contributed by atoms with Gasteiger partial charge in [0.05, 0.1) is 35.8 Å². The van der Waals surface area contributed by atoms with Crippen LogP contribution in [0.15, 0.2) is 58.5 Å². The van der Waals surface area contributed by atoms with Crippen LogP contribution in [0, 0.1) is 13.8 Å². The SMILES string of the molecule is COc1cc(OCc2csc(-c3ccc(C(=O)N(C)C)cc3)n2)c2cc(-c3cn4nc(C)c(C)nc4n3)oc2c1. The Morgan fingerprint density at radius 1 is 1.05 bits per heavy atom. The lowest BCUT2D eigenvalue weighted by atomic mass is 10.1. The maximum absolute atomic E-state index is 12.2. The molecule has 4 aromatic heterocycles. The summed E-state index contributed by atoms with van der Waals surface area (Å²) in [5.41, 5.74) is 5.26. The number of nitrogens with zero attached hydrogens (tertiary/aromatic N) is 6. The molecule has 0 bridgehead atoms. The molecule has 2 aromatic carbocycles. The molecule has 0 aliphatic rings. The summed E-state index contributed by atoms with van der Waals surface area (Å²) < 4.78 is 19.5. The van der Waals surface area contributed by atoms with Crippen LogP contribution in [0.2, 0.25) is 0 Å². The Morgan fingerprint density at radius 3 is 2.60 bits per heavy atom. The molecule has 202 valence electrons. The zero-order chi connectivity index (χ0) is 28.0. The largest absolute Gasteiger partial charge is 0.496 e. The van der Waals surface area contributed by atoms with Crippen molar-refractivity contribution in [3.05, 3.63) is 76.7 Å². The molecule has 0 unspecified atom stereocenters. The second-order valence-electron chi connectivity index (χ2n) is 9.51. The second kappa shape index (κ2) is 10.1. The van der Waals surface area contributed by atoms with E-state index in [0.717, 1.165) is 33.0 Å². The maximum Gasteiger partial charge on any atom is 0.253 e. The monoisotopic (exact) mass is 554 g/mol. The van der Waals surface area contributed by atoms with E-state index >= 15 is 0 Å². The van der Waals surface area contributed by atoms with Gasteiger partial charge in [-0.05, 0) is 32.0 Å². The first kappa shape index (κ1) is 25.5. The highest BCUT2D eigenvalue weighted by molar-refractivity contribution is 7.13. The molecule has 10 nitrogen and oxygen atoms in total. The number of hydrogen-bond donors (Lipinski definition) is 0. The Morgan fingerprint density at radius 2 is 1.85 bits per heavy atom. The molecule has 0 aliphatic heterocycles. The lowest BCUT2D eigenvalue weighted by molar-refractivity contribution is 0.0827. The number of ether oxygens (including phenoxy) is 2. The van der Waals surface area contributed by atoms with Gasteiger partial charge in [-0.15, -0.1) is 11.3 Å². The molecule has 6 rings (SSSR count). The van der Waals surface area contributed by atoms with E-state index in [4.69, 9.17) is 18.9 Å². The molecule has 0 saturated heterocycles. The van der Waals surface area contributed by atoms with E-state index in [0.29, 0.717) is 39.9 Å². The first-order valence-corrected chi connectivity index (χ1v) is 13.4. The predicted molar refractivity (Wildman–Crippen MR) is 152 cm³/mol. The van der Waals surface area contributed by atoms with Crippen molar-refractivity contribution < 1.29 is 18.7 Å². The van der Waals surface area contributed by atoms with E-state index in [1.807, 2.05) is 61.7 Å². The summed E-state index contributed by atoms with van der Waals surface area (Å²) in [6, 6.07) is 13.0. The second-order valence-corrected chi connectivity index (χ2v) is 10.4. The predicted octanol–water partition coefficient (Wildman–Crippen LogP) is 5.57. The number of aromatic nitrogens is 5. The highest BCUT2D eigenvalue weighted by atomic mass is 32.1. The molecule has 11 heteroatoms. The van der Waals surface area contributed by atoms with Gasteiger partial charge in [-0.3, -0.25) is 4.79 Å². The molecular formula is C29H26N6O4S. The van der Waals surface area contributed by atoms with Crippen LogP contribution in [0.1, 0.15) is 27.4 Å². The minimum Gasteiger partial charge on any atom is -0.496 e. The Labute approximate surface area is 233 Å². The third-order valence-electron chi connectivity index (χ3n) is 6.49. The van der Waals surface area contributed by atoms with Crippen LogP contribution in [0.3, 0.4) is 0 Å². The van der Waals surface area contributed by atoms with E-state index in [1.54, 1.807) is 36.8 Å². The van der Waals surface area contributed by atoms with Crippen molar-refractivity contribution in [1.29, 1.82) is 0 Å². The Balaban J connectivity index is 1.25. The summed E-state index contributed by atoms with van der Waals surface area (Å²) in [5.74, 6) is 2.26. The first-order chi connectivity index (χ1) is 19.3. The van der Waals surface area contributed by atoms with Crippen LogP contribution in [-0.4, -0.2) is 56.6 Å². The minimum absolute atomic E-state index is 0.0356. The van der Waals surface area contributed by atoms with Gasteiger partial charge in [0.15, 0.2) is 5.76 Å². The summed E-state index contributed by atoms with van der Waals surface area (Å²) >= 11 is 1.52. The van der Waals surface area contributed by atoms with Gasteiger partial charge in [-0.2, -0.15) is 5.10 Å². The number of methoxy groups -OCH3 is 1. The number of fused-ring (bicyclic) bond motifs is 2. The summed E-state index contributed by atoms with van der Waals surface area (Å²) in [6.07, 6.45) is 1.80. The van der Waals surface area contributed by atoms with Gasteiger partial charge in [0, 0.05) is 42.7 Å². The third kappa shape index (κ3) is 4.75. The molecule has 40 heavy (non-hydrogen) atoms. The molecule has 0 saturated carbocycles. The van der Waals surface area contributed by atoms with Crippen LogP contribution in [-0.2, 0) is 6.61 Å². The fourth-order valence-electron chi connectivity index (χ4n) is 4.21. The fourth-order valence-corrected chi connectivity index (χ4v) is 5.02. The summed E-state index contributed by atoms with van der Waals surface area (Å²) in [6.45, 7) is 4.08. The van der Waals surface area contributed by atoms with Crippen LogP contribution in [0.4, 0.5) is 0 Å². The number of aryl methyl sites for hydroxylation is 2. The average Bonchev–Trinajstić information content (AvgIpc) is 3.70. The van der Waals surface area contributed by atoms with Crippen LogP contribution in [0.5, 0.6) is 11.5 Å². The molecule has 0 spiro atoms. The molecule has 0 radical (unpaired) electrons. The van der Waals surface area contributed by atoms with Crippen LogP contribution >= 0.6 is 11.3 Å². The van der Waals surface area contributed by atoms with E-state index in [2.05, 4.69) is 15.1 Å². The lowest BCUT2D eigenvalue weighted by Crippen LogP contribution is -2.21. The Hall–Kier alpha value is -4.77. The smallest absolute Gasteiger partial charge is 0.253 e. The zero-order valence-electron chi connectivity index (χ0n) is 22.6. The minimum atomic E-state index is -0.0356. The summed E-state index contributed by atoms with van der Waals surface area (Å²) in [5, 5.41) is 8.11. The van der Waals surface area contributed by atoms with E-state index < -0.39 is 0 Å². The van der Waals surface area contributed by atoms with Crippen molar-refractivity contribution in [2.24, 2.45) is 0 Å². The van der Waals surface area contributed by atoms with E-state index in [-0.39, 0.29) is 12.5 Å². The fraction of sp³-hybridized carbons (Fsp3) is 0.207. The molecular weight excluding hydrogens is 528 g/mol. The number of imidazole rings is 1. The van der Waals surface area contributed by atoms with E-state index in [1.165, 1.54) is 11.3 Å². The summed E-state index contributed by atoms with van der Waals surface area (Å²) in [7, 11) is 5.07. The third-order valence-corrected chi connectivity index (χ3v) is 7.43. The Bertz CT molecular complexity index is 1830. The van der Waals surface area contributed by atoms with Crippen molar-refractivity contribution in [1.82, 2.24) is 29.5 Å². The lowest BCUT2D eigenvalue weighted by Gasteiger charge is -2.10. The topological polar surface area (TPSA) is 108 Å². The molecule has 1 amide bonds. The normalized spacial score (nSPS) is 11.3. The van der Waals surface area contributed by atoms with Gasteiger partial charge in [-0.25, -0.2) is 19.5 Å². The number of carbonyl (C=O) groups excluding carboxylic acids is 1. The van der Waals surface area contributed by atoms with Gasteiger partial charge in [0.2, 0.25) is 0 Å². The number of furan rings is 1. The number of rotatable bonds is 7. The maximum atomic E-state index is 12.2. The van der Waals surface area contributed by atoms with Gasteiger partial charge in [-0.1, -0.05) is 12.1 Å². The van der Waals surface area contributed by atoms with Crippen molar-refractivity contribution in [2.75, 3.05) is 21.2 Å². The molecule has 0 fully saturated rings. The average molecular weight is 555 g/mol. The number of thiazole rings is 1. The quantitative estimate of drug-likeness (QED) is 0.252. The Kier molecular flexibility index (Phi) is 6.43. The van der Waals surface area contributed by atoms with Crippen molar-refractivity contribution in [3.63, 3.8) is 0 Å². The first-order valence-electron chi connectivity index (χ1n) is 12.5. The van der Waals surface area contributed by atoms with Crippen LogP contribution < -0.4 is 9.47 Å². The van der Waals surface area contributed by atoms with Gasteiger partial charge >= 0.3 is 0 Å². The zero-order valence-corrected chi connectivity index (χ0v) is 23.4. The number of benzene rings is 2. The van der Waals surface area contributed by atoms with Gasteiger partial charge in [0.25, 0.3) is 11.7 Å². The number of carbonyl (C=O) groups is 1. The van der Waals surface area contributed by atoms with Gasteiger partial charge in [0.1, 0.15) is 34.4 Å². The molecule has 4 heterocycles. The number of amides is 1. The highest BCUT2D eigenvalue weighted by Gasteiger charge is 2.17. The standard InChI is InChI=1S/C29H26N6O4S/c1-16-17(2)33-35-13-23(32-29(35)30-16)26-12-22-24(10-21(37-5)11-25(22)39-26)38-14-20-15-40-27(31-20)18-6-8-19(9-7-18)28(36)34(3)4/h6-13,15H,14H2,1-5H3. The molecule has 6 aromatic rings. The molecule has 0 aliphatic carbocycles. The molecule has 0 atom stereocenters. The van der Waals surface area contributed by atoms with Crippen molar-refractivity contribution in [3.8, 4) is 33.5 Å². The van der Waals surface area contributed by atoms with Crippen LogP contribution in [0.25, 0.3) is 38.8 Å². The highest BCUT2D eigenvalue weighted by Crippen LogP contribution is 2.37. The van der Waals surface area contributed by atoms with E-state index in [9.17, 15) is 4.79 Å². The van der Waals surface area contributed by atoms with Crippen molar-refractivity contribution in [2.45, 2.75) is 20.5 Å². The molecule has 0 N–H and O–H groups in total.